The Balaban J connectivity index is 2.14. The molecule has 22 heavy (non-hydrogen) atoms. The minimum absolute atomic E-state index is 0.131. The molecule has 1 amide bonds. The molecule has 0 radical (unpaired) electrons. The number of carbonyl (C=O) groups is 1. The molecule has 6 nitrogen and oxygen atoms in total. The summed E-state index contributed by atoms with van der Waals surface area (Å²) in [5.41, 5.74) is 0.759. The molecule has 0 aliphatic carbocycles. The molecule has 1 aliphatic heterocycles. The molecule has 122 valence electrons. The zero-order chi connectivity index (χ0) is 16.3. The molecule has 2 rings (SSSR count). The Labute approximate surface area is 129 Å². The van der Waals surface area contributed by atoms with E-state index >= 15 is 0 Å². The van der Waals surface area contributed by atoms with Crippen LogP contribution in [0.5, 0.6) is 11.5 Å². The maximum absolute atomic E-state index is 13.0. The molecule has 8 heteroatoms. The number of halogens is 1. The summed E-state index contributed by atoms with van der Waals surface area (Å²) in [5, 5.41) is -1.27. The van der Waals surface area contributed by atoms with Gasteiger partial charge in [-0.1, -0.05) is 6.07 Å². The van der Waals surface area contributed by atoms with Crippen LogP contribution in [0.3, 0.4) is 0 Å². The van der Waals surface area contributed by atoms with Gasteiger partial charge in [0.15, 0.2) is 11.5 Å². The van der Waals surface area contributed by atoms with Gasteiger partial charge >= 0.3 is 10.2 Å². The highest BCUT2D eigenvalue weighted by Gasteiger charge is 2.38. The van der Waals surface area contributed by atoms with E-state index in [2.05, 4.69) is 0 Å². The molecule has 1 atom stereocenters. The maximum Gasteiger partial charge on any atom is 0.307 e. The lowest BCUT2D eigenvalue weighted by molar-refractivity contribution is -0.128. The standard InChI is InChI=1S/C14H18FNO5S/c1-3-21-13-6-10(4-5-12(13)20-2)8-16-9-11(7-14(16)17)22(15,18)19/h4-6,11H,3,7-9H2,1-2H3. The van der Waals surface area contributed by atoms with E-state index in [1.807, 2.05) is 6.92 Å². The van der Waals surface area contributed by atoms with Crippen molar-refractivity contribution in [1.82, 2.24) is 4.90 Å². The van der Waals surface area contributed by atoms with Gasteiger partial charge in [-0.15, -0.1) is 3.89 Å². The number of amides is 1. The fourth-order valence-corrected chi connectivity index (χ4v) is 3.09. The van der Waals surface area contributed by atoms with Crippen LogP contribution in [0, 0.1) is 0 Å². The van der Waals surface area contributed by atoms with Crippen LogP contribution in [0.2, 0.25) is 0 Å². The van der Waals surface area contributed by atoms with Crippen molar-refractivity contribution in [2.24, 2.45) is 0 Å². The first kappa shape index (κ1) is 16.5. The van der Waals surface area contributed by atoms with Gasteiger partial charge in [0.05, 0.1) is 13.7 Å². The Morgan fingerprint density at radius 1 is 1.36 bits per heavy atom. The third-order valence-electron chi connectivity index (χ3n) is 3.48. The first-order chi connectivity index (χ1) is 10.3. The van der Waals surface area contributed by atoms with Crippen molar-refractivity contribution >= 4 is 16.1 Å². The van der Waals surface area contributed by atoms with Gasteiger partial charge in [-0.3, -0.25) is 4.79 Å². The highest BCUT2D eigenvalue weighted by Crippen LogP contribution is 2.29. The summed E-state index contributed by atoms with van der Waals surface area (Å²) in [6.07, 6.45) is -0.312. The summed E-state index contributed by atoms with van der Waals surface area (Å²) in [6.45, 7) is 2.38. The number of methoxy groups -OCH3 is 1. The summed E-state index contributed by atoms with van der Waals surface area (Å²) >= 11 is 0. The van der Waals surface area contributed by atoms with Crippen LogP contribution in [0.1, 0.15) is 18.9 Å². The summed E-state index contributed by atoms with van der Waals surface area (Å²) in [4.78, 5) is 13.1. The van der Waals surface area contributed by atoms with E-state index in [1.165, 1.54) is 12.0 Å². The molecule has 0 bridgehead atoms. The normalized spacial score (nSPS) is 18.6. The van der Waals surface area contributed by atoms with Gasteiger partial charge in [0, 0.05) is 19.5 Å². The van der Waals surface area contributed by atoms with Crippen molar-refractivity contribution in [3.8, 4) is 11.5 Å². The topological polar surface area (TPSA) is 72.9 Å². The predicted octanol–water partition coefficient (Wildman–Crippen LogP) is 1.49. The third-order valence-corrected chi connectivity index (χ3v) is 4.59. The smallest absolute Gasteiger partial charge is 0.307 e. The lowest BCUT2D eigenvalue weighted by atomic mass is 10.2. The molecule has 1 heterocycles. The molecular formula is C14H18FNO5S. The van der Waals surface area contributed by atoms with E-state index in [4.69, 9.17) is 9.47 Å². The molecule has 1 fully saturated rings. The first-order valence-electron chi connectivity index (χ1n) is 6.86. The van der Waals surface area contributed by atoms with Crippen LogP contribution in [0.15, 0.2) is 18.2 Å². The van der Waals surface area contributed by atoms with Crippen molar-refractivity contribution in [2.45, 2.75) is 25.1 Å². The molecule has 1 unspecified atom stereocenters. The predicted molar refractivity (Wildman–Crippen MR) is 78.0 cm³/mol. The number of nitrogens with zero attached hydrogens (tertiary/aromatic N) is 1. The number of hydrogen-bond acceptors (Lipinski definition) is 5. The zero-order valence-corrected chi connectivity index (χ0v) is 13.2. The van der Waals surface area contributed by atoms with Crippen LogP contribution in [0.25, 0.3) is 0 Å². The number of likely N-dealkylation sites (tertiary alicyclic amines) is 1. The Kier molecular flexibility index (Phi) is 4.90. The van der Waals surface area contributed by atoms with Crippen molar-refractivity contribution in [1.29, 1.82) is 0 Å². The lowest BCUT2D eigenvalue weighted by Gasteiger charge is -2.17. The molecule has 1 saturated heterocycles. The summed E-state index contributed by atoms with van der Waals surface area (Å²) < 4.78 is 45.5. The Morgan fingerprint density at radius 3 is 2.64 bits per heavy atom. The van der Waals surface area contributed by atoms with Crippen molar-refractivity contribution < 1.29 is 26.6 Å². The molecule has 0 spiro atoms. The second-order valence-corrected chi connectivity index (χ2v) is 6.61. The molecule has 0 saturated carbocycles. The number of benzene rings is 1. The maximum atomic E-state index is 13.0. The number of hydrogen-bond donors (Lipinski definition) is 0. The van der Waals surface area contributed by atoms with Gasteiger partial charge in [0.1, 0.15) is 5.25 Å². The molecule has 0 N–H and O–H groups in total. The molecule has 1 aromatic rings. The third kappa shape index (κ3) is 3.68. The van der Waals surface area contributed by atoms with Gasteiger partial charge in [0.2, 0.25) is 5.91 Å². The highest BCUT2D eigenvalue weighted by atomic mass is 32.3. The van der Waals surface area contributed by atoms with E-state index < -0.39 is 15.5 Å². The van der Waals surface area contributed by atoms with Crippen molar-refractivity contribution in [2.75, 3.05) is 20.3 Å². The van der Waals surface area contributed by atoms with Gasteiger partial charge < -0.3 is 14.4 Å². The fraction of sp³-hybridized carbons (Fsp3) is 0.500. The molecular weight excluding hydrogens is 313 g/mol. The van der Waals surface area contributed by atoms with Gasteiger partial charge in [-0.05, 0) is 24.6 Å². The van der Waals surface area contributed by atoms with E-state index in [9.17, 15) is 17.1 Å². The quantitative estimate of drug-likeness (QED) is 0.739. The van der Waals surface area contributed by atoms with Crippen LogP contribution >= 0.6 is 0 Å². The SMILES string of the molecule is CCOc1cc(CN2CC(S(=O)(=O)F)CC2=O)ccc1OC. The van der Waals surface area contributed by atoms with E-state index in [0.717, 1.165) is 5.56 Å². The van der Waals surface area contributed by atoms with Crippen molar-refractivity contribution in [3.05, 3.63) is 23.8 Å². The van der Waals surface area contributed by atoms with E-state index in [1.54, 1.807) is 18.2 Å². The monoisotopic (exact) mass is 331 g/mol. The van der Waals surface area contributed by atoms with Gasteiger partial charge in [-0.25, -0.2) is 0 Å². The Bertz CT molecular complexity index is 661. The number of ether oxygens (including phenoxy) is 2. The first-order valence-corrected chi connectivity index (χ1v) is 8.30. The van der Waals surface area contributed by atoms with Crippen LogP contribution < -0.4 is 9.47 Å². The van der Waals surface area contributed by atoms with Gasteiger partial charge in [-0.2, -0.15) is 8.42 Å². The zero-order valence-electron chi connectivity index (χ0n) is 12.4. The van der Waals surface area contributed by atoms with E-state index in [-0.39, 0.29) is 25.4 Å². The van der Waals surface area contributed by atoms with Crippen LogP contribution in [0.4, 0.5) is 3.89 Å². The van der Waals surface area contributed by atoms with Crippen LogP contribution in [-0.4, -0.2) is 44.7 Å². The van der Waals surface area contributed by atoms with Crippen LogP contribution in [-0.2, 0) is 21.6 Å². The Morgan fingerprint density at radius 2 is 2.09 bits per heavy atom. The largest absolute Gasteiger partial charge is 0.493 e. The molecule has 1 aromatic carbocycles. The second-order valence-electron chi connectivity index (χ2n) is 4.99. The minimum atomic E-state index is -4.70. The average Bonchev–Trinajstić information content (AvgIpc) is 2.81. The average molecular weight is 331 g/mol. The summed E-state index contributed by atoms with van der Waals surface area (Å²) in [7, 11) is -3.17. The molecule has 0 aromatic heterocycles. The van der Waals surface area contributed by atoms with E-state index in [0.29, 0.717) is 18.1 Å². The number of rotatable bonds is 6. The summed E-state index contributed by atoms with van der Waals surface area (Å²) in [6, 6.07) is 5.20. The lowest BCUT2D eigenvalue weighted by Crippen LogP contribution is -2.26. The molecule has 1 aliphatic rings. The Hall–Kier alpha value is -1.83. The minimum Gasteiger partial charge on any atom is -0.493 e. The highest BCUT2D eigenvalue weighted by molar-refractivity contribution is 7.87. The van der Waals surface area contributed by atoms with Crippen molar-refractivity contribution in [3.63, 3.8) is 0 Å². The fourth-order valence-electron chi connectivity index (χ4n) is 2.39. The second kappa shape index (κ2) is 6.51. The van der Waals surface area contributed by atoms with Gasteiger partial charge in [0.25, 0.3) is 0 Å². The number of carbonyl (C=O) groups excluding carboxylic acids is 1. The summed E-state index contributed by atoms with van der Waals surface area (Å²) in [5.74, 6) is 0.742.